The van der Waals surface area contributed by atoms with Crippen LogP contribution in [0.2, 0.25) is 0 Å². The zero-order chi connectivity index (χ0) is 18.2. The van der Waals surface area contributed by atoms with Gasteiger partial charge >= 0.3 is 5.97 Å². The van der Waals surface area contributed by atoms with E-state index >= 15 is 0 Å². The summed E-state index contributed by atoms with van der Waals surface area (Å²) >= 11 is 0. The first kappa shape index (κ1) is 20.6. The Morgan fingerprint density at radius 2 is 1.75 bits per heavy atom. The predicted molar refractivity (Wildman–Crippen MR) is 91.8 cm³/mol. The van der Waals surface area contributed by atoms with E-state index in [1.165, 1.54) is 7.11 Å². The summed E-state index contributed by atoms with van der Waals surface area (Å²) in [7, 11) is -5.67. The minimum Gasteiger partial charge on any atom is -0.469 e. The molecule has 9 heteroatoms. The average molecular weight is 377 g/mol. The number of sulfone groups is 1. The van der Waals surface area contributed by atoms with Crippen molar-refractivity contribution in [2.45, 2.75) is 25.3 Å². The van der Waals surface area contributed by atoms with Crippen molar-refractivity contribution in [3.8, 4) is 0 Å². The van der Waals surface area contributed by atoms with E-state index in [0.29, 0.717) is 6.42 Å². The van der Waals surface area contributed by atoms with E-state index < -0.39 is 31.9 Å². The number of hydrogen-bond acceptors (Lipinski definition) is 6. The molecular formula is C15H23NO6S2. The summed E-state index contributed by atoms with van der Waals surface area (Å²) in [6.45, 7) is 0. The lowest BCUT2D eigenvalue weighted by Gasteiger charge is -2.18. The number of nitrogens with one attached hydrogen (secondary N) is 1. The molecule has 136 valence electrons. The summed E-state index contributed by atoms with van der Waals surface area (Å²) in [6.07, 6.45) is 1.30. The minimum atomic E-state index is -3.70. The summed E-state index contributed by atoms with van der Waals surface area (Å²) in [5, 5.41) is 0. The van der Waals surface area contributed by atoms with E-state index in [1.807, 2.05) is 30.3 Å². The highest BCUT2D eigenvalue weighted by Crippen LogP contribution is 2.08. The van der Waals surface area contributed by atoms with Crippen molar-refractivity contribution >= 4 is 25.8 Å². The smallest absolute Gasteiger partial charge is 0.307 e. The molecule has 1 atom stereocenters. The van der Waals surface area contributed by atoms with Crippen LogP contribution in [0.1, 0.15) is 18.4 Å². The lowest BCUT2D eigenvalue weighted by atomic mass is 10.0. The first-order valence-electron chi connectivity index (χ1n) is 7.40. The minimum absolute atomic E-state index is 0.00441. The zero-order valence-electron chi connectivity index (χ0n) is 13.8. The van der Waals surface area contributed by atoms with E-state index in [0.717, 1.165) is 11.8 Å². The van der Waals surface area contributed by atoms with Crippen LogP contribution in [0.25, 0.3) is 0 Å². The molecular weight excluding hydrogens is 354 g/mol. The van der Waals surface area contributed by atoms with Crippen LogP contribution in [-0.4, -0.2) is 53.7 Å². The maximum absolute atomic E-state index is 12.1. The third-order valence-electron chi connectivity index (χ3n) is 3.24. The van der Waals surface area contributed by atoms with E-state index in [1.54, 1.807) is 0 Å². The van der Waals surface area contributed by atoms with Crippen molar-refractivity contribution in [1.29, 1.82) is 0 Å². The van der Waals surface area contributed by atoms with Gasteiger partial charge in [-0.2, -0.15) is 0 Å². The summed E-state index contributed by atoms with van der Waals surface area (Å²) in [5.74, 6) is -1.03. The second-order valence-electron chi connectivity index (χ2n) is 5.59. The quantitative estimate of drug-likeness (QED) is 0.596. The normalized spacial score (nSPS) is 13.4. The summed E-state index contributed by atoms with van der Waals surface area (Å²) in [6, 6.07) is 8.51. The number of methoxy groups -OCH3 is 1. The topological polar surface area (TPSA) is 107 Å². The lowest BCUT2D eigenvalue weighted by Crippen LogP contribution is -2.39. The third kappa shape index (κ3) is 8.99. The molecule has 1 aromatic carbocycles. The second-order valence-corrected chi connectivity index (χ2v) is 9.72. The Labute approximate surface area is 143 Å². The van der Waals surface area contributed by atoms with Gasteiger partial charge in [0.25, 0.3) is 0 Å². The number of benzene rings is 1. The van der Waals surface area contributed by atoms with Crippen molar-refractivity contribution < 1.29 is 26.4 Å². The van der Waals surface area contributed by atoms with Gasteiger partial charge in [0.05, 0.1) is 25.0 Å². The first-order chi connectivity index (χ1) is 11.1. The average Bonchev–Trinajstić information content (AvgIpc) is 2.45. The molecule has 0 spiro atoms. The number of carbonyl (C=O) groups excluding carboxylic acids is 1. The fraction of sp³-hybridized carbons (Fsp3) is 0.533. The van der Waals surface area contributed by atoms with Gasteiger partial charge < -0.3 is 4.74 Å². The van der Waals surface area contributed by atoms with Gasteiger partial charge in [-0.3, -0.25) is 4.79 Å². The first-order valence-corrected chi connectivity index (χ1v) is 11.1. The van der Waals surface area contributed by atoms with Gasteiger partial charge in [0.2, 0.25) is 10.0 Å². The van der Waals surface area contributed by atoms with Crippen molar-refractivity contribution in [1.82, 2.24) is 4.72 Å². The van der Waals surface area contributed by atoms with Crippen LogP contribution >= 0.6 is 0 Å². The number of ether oxygens (including phenoxy) is 1. The highest BCUT2D eigenvalue weighted by molar-refractivity contribution is 7.91. The van der Waals surface area contributed by atoms with Crippen LogP contribution in [0.5, 0.6) is 0 Å². The number of hydrogen-bond donors (Lipinski definition) is 1. The summed E-state index contributed by atoms with van der Waals surface area (Å²) in [5.41, 5.74) is 0.880. The Balaban J connectivity index is 2.73. The standard InChI is InChI=1S/C15H23NO6S2/c1-22-15(17)12-14(11-13-7-4-3-5-8-13)16-24(20,21)10-6-9-23(2,18)19/h3-5,7-8,14,16H,6,9-12H2,1-2H3/t14-/m0/s1. The molecule has 7 nitrogen and oxygen atoms in total. The molecule has 0 aliphatic heterocycles. The molecule has 0 fully saturated rings. The number of esters is 1. The van der Waals surface area contributed by atoms with E-state index in [2.05, 4.69) is 9.46 Å². The van der Waals surface area contributed by atoms with E-state index in [9.17, 15) is 21.6 Å². The second kappa shape index (κ2) is 9.14. The molecule has 1 N–H and O–H groups in total. The molecule has 0 saturated carbocycles. The highest BCUT2D eigenvalue weighted by Gasteiger charge is 2.21. The lowest BCUT2D eigenvalue weighted by molar-refractivity contribution is -0.141. The van der Waals surface area contributed by atoms with Gasteiger partial charge in [-0.25, -0.2) is 21.6 Å². The fourth-order valence-corrected chi connectivity index (χ4v) is 4.33. The Bertz CT molecular complexity index is 728. The van der Waals surface area contributed by atoms with Crippen LogP contribution in [0.3, 0.4) is 0 Å². The van der Waals surface area contributed by atoms with Crippen LogP contribution in [-0.2, 0) is 35.8 Å². The maximum Gasteiger partial charge on any atom is 0.307 e. The van der Waals surface area contributed by atoms with E-state index in [4.69, 9.17) is 0 Å². The highest BCUT2D eigenvalue weighted by atomic mass is 32.2. The molecule has 0 saturated heterocycles. The van der Waals surface area contributed by atoms with Crippen LogP contribution in [0.4, 0.5) is 0 Å². The molecule has 0 bridgehead atoms. The molecule has 0 amide bonds. The summed E-state index contributed by atoms with van der Waals surface area (Å²) in [4.78, 5) is 11.5. The number of carbonyl (C=O) groups is 1. The van der Waals surface area contributed by atoms with Crippen LogP contribution < -0.4 is 4.72 Å². The fourth-order valence-electron chi connectivity index (χ4n) is 2.16. The Kier molecular flexibility index (Phi) is 7.85. The molecule has 0 radical (unpaired) electrons. The molecule has 0 aliphatic rings. The number of rotatable bonds is 10. The van der Waals surface area contributed by atoms with Gasteiger partial charge in [-0.1, -0.05) is 30.3 Å². The van der Waals surface area contributed by atoms with Gasteiger partial charge in [-0.05, 0) is 18.4 Å². The van der Waals surface area contributed by atoms with Crippen LogP contribution in [0, 0.1) is 0 Å². The molecule has 1 aromatic rings. The number of sulfonamides is 1. The molecule has 0 unspecified atom stereocenters. The molecule has 0 aromatic heterocycles. The SMILES string of the molecule is COC(=O)C[C@H](Cc1ccccc1)NS(=O)(=O)CCCS(C)(=O)=O. The van der Waals surface area contributed by atoms with Crippen molar-refractivity contribution in [3.63, 3.8) is 0 Å². The molecule has 1 rings (SSSR count). The Hall–Kier alpha value is -1.45. The van der Waals surface area contributed by atoms with Crippen molar-refractivity contribution in [2.24, 2.45) is 0 Å². The molecule has 0 aliphatic carbocycles. The van der Waals surface area contributed by atoms with Crippen LogP contribution in [0.15, 0.2) is 30.3 Å². The van der Waals surface area contributed by atoms with Gasteiger partial charge in [0.1, 0.15) is 9.84 Å². The molecule has 24 heavy (non-hydrogen) atoms. The van der Waals surface area contributed by atoms with Gasteiger partial charge in [0.15, 0.2) is 0 Å². The zero-order valence-corrected chi connectivity index (χ0v) is 15.4. The molecule has 0 heterocycles. The van der Waals surface area contributed by atoms with Gasteiger partial charge in [-0.15, -0.1) is 0 Å². The third-order valence-corrected chi connectivity index (χ3v) is 5.79. The van der Waals surface area contributed by atoms with Crippen molar-refractivity contribution in [3.05, 3.63) is 35.9 Å². The Morgan fingerprint density at radius 3 is 2.29 bits per heavy atom. The van der Waals surface area contributed by atoms with E-state index in [-0.39, 0.29) is 24.3 Å². The monoisotopic (exact) mass is 377 g/mol. The Morgan fingerprint density at radius 1 is 1.12 bits per heavy atom. The predicted octanol–water partition coefficient (Wildman–Crippen LogP) is 0.515. The van der Waals surface area contributed by atoms with Gasteiger partial charge in [0, 0.05) is 12.3 Å². The van der Waals surface area contributed by atoms with Crippen molar-refractivity contribution in [2.75, 3.05) is 24.9 Å². The largest absolute Gasteiger partial charge is 0.469 e. The maximum atomic E-state index is 12.1. The summed E-state index contributed by atoms with van der Waals surface area (Å²) < 4.78 is 53.5.